The Kier molecular flexibility index (Phi) is 8.67. The average Bonchev–Trinajstić information content (AvgIpc) is 3.29. The van der Waals surface area contributed by atoms with E-state index in [4.69, 9.17) is 11.6 Å². The summed E-state index contributed by atoms with van der Waals surface area (Å²) in [6.07, 6.45) is 5.21. The summed E-state index contributed by atoms with van der Waals surface area (Å²) in [5, 5.41) is 7.11. The third-order valence-electron chi connectivity index (χ3n) is 4.25. The van der Waals surface area contributed by atoms with Crippen LogP contribution in [0, 0.1) is 0 Å². The van der Waals surface area contributed by atoms with Gasteiger partial charge in [0, 0.05) is 44.3 Å². The van der Waals surface area contributed by atoms with E-state index in [2.05, 4.69) is 30.5 Å². The van der Waals surface area contributed by atoms with Crippen LogP contribution in [0.3, 0.4) is 0 Å². The van der Waals surface area contributed by atoms with Crippen molar-refractivity contribution in [3.05, 3.63) is 41.6 Å². The molecule has 1 saturated heterocycles. The third-order valence-corrected chi connectivity index (χ3v) is 4.54. The summed E-state index contributed by atoms with van der Waals surface area (Å²) in [6, 6.07) is 3.77. The quantitative estimate of drug-likeness (QED) is 0.344. The Morgan fingerprint density at radius 3 is 2.93 bits per heavy atom. The van der Waals surface area contributed by atoms with E-state index < -0.39 is 6.55 Å². The first kappa shape index (κ1) is 22.6. The van der Waals surface area contributed by atoms with E-state index in [1.54, 1.807) is 12.3 Å². The van der Waals surface area contributed by atoms with E-state index in [1.807, 2.05) is 13.0 Å². The fourth-order valence-corrected chi connectivity index (χ4v) is 3.23. The maximum atomic E-state index is 12.9. The molecular formula is C17H23ClF2IN7. The van der Waals surface area contributed by atoms with Crippen LogP contribution in [-0.4, -0.2) is 46.2 Å². The number of aliphatic imine (C=N–C) groups is 1. The van der Waals surface area contributed by atoms with E-state index in [-0.39, 0.29) is 42.4 Å². The molecule has 1 unspecified atom stereocenters. The van der Waals surface area contributed by atoms with Gasteiger partial charge in [0.25, 0.3) is 0 Å². The molecule has 1 atom stereocenters. The summed E-state index contributed by atoms with van der Waals surface area (Å²) in [7, 11) is 0. The largest absolute Gasteiger partial charge is 0.357 e. The Morgan fingerprint density at radius 1 is 1.39 bits per heavy atom. The minimum absolute atomic E-state index is 0. The number of hydrogen-bond donors (Lipinski definition) is 2. The fraction of sp³-hybridized carbons (Fsp3) is 0.471. The van der Waals surface area contributed by atoms with Crippen LogP contribution >= 0.6 is 35.6 Å². The molecule has 0 bridgehead atoms. The number of aromatic nitrogens is 3. The minimum Gasteiger partial charge on any atom is -0.357 e. The predicted molar refractivity (Wildman–Crippen MR) is 117 cm³/mol. The molecule has 0 amide bonds. The summed E-state index contributed by atoms with van der Waals surface area (Å²) in [4.78, 5) is 14.8. The van der Waals surface area contributed by atoms with Gasteiger partial charge in [0.15, 0.2) is 5.96 Å². The topological polar surface area (TPSA) is 70.4 Å². The predicted octanol–water partition coefficient (Wildman–Crippen LogP) is 3.28. The summed E-state index contributed by atoms with van der Waals surface area (Å²) in [5.41, 5.74) is 0. The number of halogens is 4. The van der Waals surface area contributed by atoms with Crippen LogP contribution in [0.5, 0.6) is 0 Å². The Morgan fingerprint density at radius 2 is 2.21 bits per heavy atom. The van der Waals surface area contributed by atoms with Gasteiger partial charge in [-0.25, -0.2) is 15.0 Å². The van der Waals surface area contributed by atoms with E-state index >= 15 is 0 Å². The lowest BCUT2D eigenvalue weighted by molar-refractivity contribution is 0.0671. The second kappa shape index (κ2) is 10.7. The minimum atomic E-state index is -2.63. The van der Waals surface area contributed by atoms with Crippen molar-refractivity contribution >= 4 is 47.4 Å². The number of nitrogens with zero attached hydrogens (tertiary/aromatic N) is 5. The number of alkyl halides is 2. The lowest BCUT2D eigenvalue weighted by Gasteiger charge is -2.20. The Labute approximate surface area is 184 Å². The van der Waals surface area contributed by atoms with Crippen LogP contribution in [0.4, 0.5) is 14.6 Å². The molecule has 0 aromatic carbocycles. The molecule has 2 aromatic heterocycles. The molecule has 2 aromatic rings. The van der Waals surface area contributed by atoms with Crippen LogP contribution < -0.4 is 15.5 Å². The fourth-order valence-electron chi connectivity index (χ4n) is 2.99. The van der Waals surface area contributed by atoms with E-state index in [0.29, 0.717) is 17.5 Å². The van der Waals surface area contributed by atoms with Gasteiger partial charge in [-0.05, 0) is 25.5 Å². The molecular weight excluding hydrogens is 503 g/mol. The number of rotatable bonds is 6. The van der Waals surface area contributed by atoms with Crippen molar-refractivity contribution in [3.8, 4) is 0 Å². The number of guanidine groups is 1. The van der Waals surface area contributed by atoms with Crippen LogP contribution in [-0.2, 0) is 6.54 Å². The molecule has 7 nitrogen and oxygen atoms in total. The summed E-state index contributed by atoms with van der Waals surface area (Å²) < 4.78 is 26.7. The van der Waals surface area contributed by atoms with Crippen LogP contribution in [0.2, 0.25) is 5.02 Å². The van der Waals surface area contributed by atoms with Crippen LogP contribution in [0.15, 0.2) is 35.7 Å². The molecule has 11 heteroatoms. The highest BCUT2D eigenvalue weighted by atomic mass is 127. The highest BCUT2D eigenvalue weighted by Crippen LogP contribution is 2.25. The first-order chi connectivity index (χ1) is 13.1. The Bertz CT molecular complexity index is 786. The van der Waals surface area contributed by atoms with E-state index in [9.17, 15) is 8.78 Å². The lowest BCUT2D eigenvalue weighted by Crippen LogP contribution is -2.44. The molecule has 0 radical (unpaired) electrons. The maximum absolute atomic E-state index is 12.9. The summed E-state index contributed by atoms with van der Waals surface area (Å²) in [5.74, 6) is 1.56. The number of pyridine rings is 1. The number of imidazole rings is 1. The van der Waals surface area contributed by atoms with Crippen molar-refractivity contribution in [1.82, 2.24) is 25.2 Å². The maximum Gasteiger partial charge on any atom is 0.319 e. The van der Waals surface area contributed by atoms with Gasteiger partial charge in [0.05, 0.1) is 5.02 Å². The van der Waals surface area contributed by atoms with Gasteiger partial charge in [-0.3, -0.25) is 4.57 Å². The molecule has 1 aliphatic rings. The van der Waals surface area contributed by atoms with Crippen molar-refractivity contribution in [3.63, 3.8) is 0 Å². The summed E-state index contributed by atoms with van der Waals surface area (Å²) in [6.45, 7) is 1.61. The van der Waals surface area contributed by atoms with Crippen molar-refractivity contribution in [2.24, 2.45) is 4.99 Å². The van der Waals surface area contributed by atoms with Crippen molar-refractivity contribution < 1.29 is 8.78 Å². The molecule has 1 aliphatic heterocycles. The highest BCUT2D eigenvalue weighted by molar-refractivity contribution is 14.0. The first-order valence-corrected chi connectivity index (χ1v) is 9.16. The zero-order valence-electron chi connectivity index (χ0n) is 15.4. The third kappa shape index (κ3) is 5.66. The molecule has 2 N–H and O–H groups in total. The zero-order valence-corrected chi connectivity index (χ0v) is 18.4. The van der Waals surface area contributed by atoms with E-state index in [1.165, 1.54) is 12.4 Å². The number of hydrogen-bond acceptors (Lipinski definition) is 4. The molecule has 28 heavy (non-hydrogen) atoms. The Balaban J connectivity index is 0.00000280. The van der Waals surface area contributed by atoms with Gasteiger partial charge in [-0.15, -0.1) is 24.0 Å². The second-order valence-electron chi connectivity index (χ2n) is 6.11. The molecule has 0 aliphatic carbocycles. The van der Waals surface area contributed by atoms with Crippen LogP contribution in [0.25, 0.3) is 0 Å². The van der Waals surface area contributed by atoms with Crippen molar-refractivity contribution in [2.75, 3.05) is 24.5 Å². The van der Waals surface area contributed by atoms with Gasteiger partial charge < -0.3 is 15.5 Å². The van der Waals surface area contributed by atoms with Crippen molar-refractivity contribution in [1.29, 1.82) is 0 Å². The molecule has 3 rings (SSSR count). The van der Waals surface area contributed by atoms with Gasteiger partial charge in [0.2, 0.25) is 0 Å². The first-order valence-electron chi connectivity index (χ1n) is 8.78. The van der Waals surface area contributed by atoms with Gasteiger partial charge in [0.1, 0.15) is 18.2 Å². The normalized spacial score (nSPS) is 17.0. The molecule has 1 fully saturated rings. The number of nitrogens with one attached hydrogen (secondary N) is 2. The standard InChI is InChI=1S/C17H22ClF2N7.HI/c1-2-21-17(24-10-14-22-7-9-27(14)16(19)20)25-12-5-8-26(11-12)15-13(18)4-3-6-23-15;/h3-4,6-7,9,12,16H,2,5,8,10-11H2,1H3,(H2,21,24,25);1H. The summed E-state index contributed by atoms with van der Waals surface area (Å²) >= 11 is 6.22. The lowest BCUT2D eigenvalue weighted by atomic mass is 10.3. The van der Waals surface area contributed by atoms with Gasteiger partial charge >= 0.3 is 6.55 Å². The van der Waals surface area contributed by atoms with Crippen molar-refractivity contribution in [2.45, 2.75) is 32.5 Å². The smallest absolute Gasteiger partial charge is 0.319 e. The second-order valence-corrected chi connectivity index (χ2v) is 6.52. The van der Waals surface area contributed by atoms with Gasteiger partial charge in [-0.2, -0.15) is 8.78 Å². The highest BCUT2D eigenvalue weighted by Gasteiger charge is 2.25. The molecule has 154 valence electrons. The monoisotopic (exact) mass is 525 g/mol. The SMILES string of the molecule is CCNC(=NCc1nccn1C(F)F)NC1CCN(c2ncccc2Cl)C1.I. The van der Waals surface area contributed by atoms with Gasteiger partial charge in [-0.1, -0.05) is 11.6 Å². The Hall–Kier alpha value is -1.69. The molecule has 0 saturated carbocycles. The zero-order chi connectivity index (χ0) is 19.2. The van der Waals surface area contributed by atoms with E-state index in [0.717, 1.165) is 29.9 Å². The molecule has 0 spiro atoms. The average molecular weight is 526 g/mol. The van der Waals surface area contributed by atoms with Crippen LogP contribution in [0.1, 0.15) is 25.7 Å². The number of anilines is 1. The molecule has 3 heterocycles.